The van der Waals surface area contributed by atoms with E-state index in [9.17, 15) is 4.79 Å². The van der Waals surface area contributed by atoms with Gasteiger partial charge in [-0.15, -0.1) is 11.3 Å². The number of amides is 1. The van der Waals surface area contributed by atoms with E-state index in [2.05, 4.69) is 15.3 Å². The molecule has 6 heteroatoms. The number of hydrogen-bond acceptors (Lipinski definition) is 4. The van der Waals surface area contributed by atoms with E-state index in [1.54, 1.807) is 6.26 Å². The number of aromatic amines is 1. The number of benzene rings is 1. The molecule has 0 radical (unpaired) electrons. The molecule has 1 amide bonds. The van der Waals surface area contributed by atoms with E-state index in [1.807, 2.05) is 49.6 Å². The number of para-hydroxylation sites is 1. The van der Waals surface area contributed by atoms with Gasteiger partial charge in [0.1, 0.15) is 5.69 Å². The Kier molecular flexibility index (Phi) is 3.46. The zero-order valence-corrected chi connectivity index (χ0v) is 14.0. The number of carbonyl (C=O) groups excluding carboxylic acids is 1. The molecule has 0 spiro atoms. The van der Waals surface area contributed by atoms with Crippen LogP contribution in [-0.4, -0.2) is 15.9 Å². The Morgan fingerprint density at radius 3 is 2.92 bits per heavy atom. The van der Waals surface area contributed by atoms with Gasteiger partial charge < -0.3 is 9.40 Å². The molecule has 0 saturated heterocycles. The molecule has 24 heavy (non-hydrogen) atoms. The summed E-state index contributed by atoms with van der Waals surface area (Å²) in [6, 6.07) is 9.38. The van der Waals surface area contributed by atoms with E-state index in [-0.39, 0.29) is 5.91 Å². The number of H-pyrrole nitrogens is 1. The monoisotopic (exact) mass is 337 g/mol. The average Bonchev–Trinajstić information content (AvgIpc) is 3.29. The number of furan rings is 1. The maximum absolute atomic E-state index is 12.7. The van der Waals surface area contributed by atoms with Gasteiger partial charge in [-0.2, -0.15) is 0 Å². The summed E-state index contributed by atoms with van der Waals surface area (Å²) in [5, 5.41) is 6.34. The van der Waals surface area contributed by atoms with Crippen LogP contribution < -0.4 is 5.32 Å². The molecule has 4 rings (SSSR count). The number of aromatic nitrogens is 2. The fourth-order valence-electron chi connectivity index (χ4n) is 2.71. The van der Waals surface area contributed by atoms with Gasteiger partial charge in [-0.1, -0.05) is 12.1 Å². The lowest BCUT2D eigenvalue weighted by molar-refractivity contribution is 0.102. The molecule has 0 aliphatic heterocycles. The lowest BCUT2D eigenvalue weighted by Crippen LogP contribution is -2.12. The summed E-state index contributed by atoms with van der Waals surface area (Å²) in [5.41, 5.74) is 4.41. The van der Waals surface area contributed by atoms with Crippen molar-refractivity contribution in [3.05, 3.63) is 58.8 Å². The van der Waals surface area contributed by atoms with Crippen molar-refractivity contribution in [1.29, 1.82) is 0 Å². The zero-order valence-electron chi connectivity index (χ0n) is 13.2. The zero-order chi connectivity index (χ0) is 16.7. The second-order valence-corrected chi connectivity index (χ2v) is 6.43. The second kappa shape index (κ2) is 5.65. The highest BCUT2D eigenvalue weighted by molar-refractivity contribution is 7.14. The van der Waals surface area contributed by atoms with E-state index in [4.69, 9.17) is 4.42 Å². The van der Waals surface area contributed by atoms with E-state index in [0.29, 0.717) is 22.1 Å². The molecule has 0 unspecified atom stereocenters. The standard InChI is InChI=1S/C18H15N3O2S/c1-10-11(2)19-16-12(10)5-3-6-13(16)17(22)21-18-20-14(9-24-18)15-7-4-8-23-15/h3-9,19H,1-2H3,(H,20,21,22). The maximum atomic E-state index is 12.7. The first-order chi connectivity index (χ1) is 11.6. The van der Waals surface area contributed by atoms with Crippen LogP contribution in [0.3, 0.4) is 0 Å². The van der Waals surface area contributed by atoms with E-state index in [0.717, 1.165) is 22.2 Å². The van der Waals surface area contributed by atoms with Gasteiger partial charge in [0.15, 0.2) is 10.9 Å². The number of nitrogens with zero attached hydrogens (tertiary/aromatic N) is 1. The lowest BCUT2D eigenvalue weighted by Gasteiger charge is -2.03. The first-order valence-corrected chi connectivity index (χ1v) is 8.40. The Morgan fingerprint density at radius 1 is 1.25 bits per heavy atom. The highest BCUT2D eigenvalue weighted by Gasteiger charge is 2.16. The molecule has 5 nitrogen and oxygen atoms in total. The summed E-state index contributed by atoms with van der Waals surface area (Å²) >= 11 is 1.37. The molecule has 3 aromatic heterocycles. The van der Waals surface area contributed by atoms with Gasteiger partial charge in [-0.25, -0.2) is 4.98 Å². The molecule has 2 N–H and O–H groups in total. The van der Waals surface area contributed by atoms with E-state index < -0.39 is 0 Å². The number of rotatable bonds is 3. The van der Waals surface area contributed by atoms with E-state index in [1.165, 1.54) is 11.3 Å². The minimum Gasteiger partial charge on any atom is -0.463 e. The van der Waals surface area contributed by atoms with Crippen molar-refractivity contribution in [2.45, 2.75) is 13.8 Å². The molecular formula is C18H15N3O2S. The van der Waals surface area contributed by atoms with Crippen LogP contribution in [0.5, 0.6) is 0 Å². The van der Waals surface area contributed by atoms with Gasteiger partial charge in [-0.05, 0) is 37.6 Å². The normalized spacial score (nSPS) is 11.1. The van der Waals surface area contributed by atoms with Crippen LogP contribution in [0.15, 0.2) is 46.4 Å². The Hall–Kier alpha value is -2.86. The van der Waals surface area contributed by atoms with Gasteiger partial charge in [0.2, 0.25) is 0 Å². The lowest BCUT2D eigenvalue weighted by atomic mass is 10.1. The maximum Gasteiger partial charge on any atom is 0.259 e. The van der Waals surface area contributed by atoms with Gasteiger partial charge in [-0.3, -0.25) is 10.1 Å². The van der Waals surface area contributed by atoms with Crippen LogP contribution in [-0.2, 0) is 0 Å². The predicted molar refractivity (Wildman–Crippen MR) is 95.5 cm³/mol. The third-order valence-corrected chi connectivity index (χ3v) is 4.84. The fourth-order valence-corrected chi connectivity index (χ4v) is 3.40. The highest BCUT2D eigenvalue weighted by atomic mass is 32.1. The largest absolute Gasteiger partial charge is 0.463 e. The summed E-state index contributed by atoms with van der Waals surface area (Å²) in [7, 11) is 0. The average molecular weight is 337 g/mol. The first-order valence-electron chi connectivity index (χ1n) is 7.52. The molecule has 120 valence electrons. The van der Waals surface area contributed by atoms with Crippen LogP contribution in [0.25, 0.3) is 22.4 Å². The summed E-state index contributed by atoms with van der Waals surface area (Å²) < 4.78 is 5.32. The number of nitrogens with one attached hydrogen (secondary N) is 2. The highest BCUT2D eigenvalue weighted by Crippen LogP contribution is 2.27. The molecule has 4 aromatic rings. The minimum atomic E-state index is -0.179. The smallest absolute Gasteiger partial charge is 0.259 e. The van der Waals surface area contributed by atoms with Crippen molar-refractivity contribution < 1.29 is 9.21 Å². The van der Waals surface area contributed by atoms with Crippen LogP contribution in [0.2, 0.25) is 0 Å². The number of anilines is 1. The van der Waals surface area contributed by atoms with Gasteiger partial charge in [0.25, 0.3) is 5.91 Å². The minimum absolute atomic E-state index is 0.179. The summed E-state index contributed by atoms with van der Waals surface area (Å²) in [6.07, 6.45) is 1.60. The summed E-state index contributed by atoms with van der Waals surface area (Å²) in [5.74, 6) is 0.506. The quantitative estimate of drug-likeness (QED) is 0.566. The van der Waals surface area contributed by atoms with Gasteiger partial charge in [0, 0.05) is 16.5 Å². The molecule has 3 heterocycles. The number of carbonyl (C=O) groups is 1. The van der Waals surface area contributed by atoms with Gasteiger partial charge >= 0.3 is 0 Å². The summed E-state index contributed by atoms with van der Waals surface area (Å²) in [4.78, 5) is 20.4. The van der Waals surface area contributed by atoms with Crippen LogP contribution in [0, 0.1) is 13.8 Å². The van der Waals surface area contributed by atoms with Crippen LogP contribution >= 0.6 is 11.3 Å². The van der Waals surface area contributed by atoms with Crippen molar-refractivity contribution in [2.75, 3.05) is 5.32 Å². The molecule has 0 aliphatic rings. The number of thiazole rings is 1. The molecule has 0 atom stereocenters. The molecule has 1 aromatic carbocycles. The van der Waals surface area contributed by atoms with Crippen molar-refractivity contribution in [2.24, 2.45) is 0 Å². The molecule has 0 bridgehead atoms. The molecular weight excluding hydrogens is 322 g/mol. The first kappa shape index (κ1) is 14.7. The number of fused-ring (bicyclic) bond motifs is 1. The van der Waals surface area contributed by atoms with Gasteiger partial charge in [0.05, 0.1) is 17.3 Å². The second-order valence-electron chi connectivity index (χ2n) is 5.57. The fraction of sp³-hybridized carbons (Fsp3) is 0.111. The van der Waals surface area contributed by atoms with Crippen molar-refractivity contribution in [3.63, 3.8) is 0 Å². The Bertz CT molecular complexity index is 1030. The van der Waals surface area contributed by atoms with Crippen LogP contribution in [0.1, 0.15) is 21.6 Å². The topological polar surface area (TPSA) is 70.9 Å². The van der Waals surface area contributed by atoms with E-state index >= 15 is 0 Å². The Labute approximate surface area is 142 Å². The number of hydrogen-bond donors (Lipinski definition) is 2. The van der Waals surface area contributed by atoms with Crippen molar-refractivity contribution in [1.82, 2.24) is 9.97 Å². The Morgan fingerprint density at radius 2 is 2.12 bits per heavy atom. The Balaban J connectivity index is 1.64. The molecule has 0 fully saturated rings. The third-order valence-electron chi connectivity index (χ3n) is 4.09. The van der Waals surface area contributed by atoms with Crippen LogP contribution in [0.4, 0.5) is 5.13 Å². The summed E-state index contributed by atoms with van der Waals surface area (Å²) in [6.45, 7) is 4.06. The molecule has 0 aliphatic carbocycles. The SMILES string of the molecule is Cc1[nH]c2c(C(=O)Nc3nc(-c4ccco4)cs3)cccc2c1C. The van der Waals surface area contributed by atoms with Crippen molar-refractivity contribution >= 4 is 33.3 Å². The van der Waals surface area contributed by atoms with Crippen molar-refractivity contribution in [3.8, 4) is 11.5 Å². The third kappa shape index (κ3) is 2.41. The molecule has 0 saturated carbocycles. The predicted octanol–water partition coefficient (Wildman–Crippen LogP) is 4.75. The number of aryl methyl sites for hydroxylation is 2.